The van der Waals surface area contributed by atoms with E-state index in [1.165, 1.54) is 6.07 Å². The topological polar surface area (TPSA) is 90.9 Å². The Morgan fingerprint density at radius 1 is 0.882 bits per heavy atom. The largest absolute Gasteiger partial charge is 0.486 e. The van der Waals surface area contributed by atoms with E-state index in [1.807, 2.05) is 61.5 Å². The van der Waals surface area contributed by atoms with Crippen molar-refractivity contribution in [2.75, 3.05) is 5.32 Å². The van der Waals surface area contributed by atoms with Gasteiger partial charge in [0.25, 0.3) is 0 Å². The normalized spacial score (nSPS) is 11.0. The fraction of sp³-hybridized carbons (Fsp3) is 0.111. The summed E-state index contributed by atoms with van der Waals surface area (Å²) in [5.41, 5.74) is 2.89. The first-order valence-corrected chi connectivity index (χ1v) is 10.7. The molecule has 0 bridgehead atoms. The van der Waals surface area contributed by atoms with Crippen molar-refractivity contribution in [2.24, 2.45) is 0 Å². The highest BCUT2D eigenvalue weighted by atomic mass is 16.5. The van der Waals surface area contributed by atoms with E-state index in [-0.39, 0.29) is 6.61 Å². The van der Waals surface area contributed by atoms with Crippen LogP contribution in [0, 0.1) is 6.92 Å². The zero-order chi connectivity index (χ0) is 23.5. The van der Waals surface area contributed by atoms with E-state index in [1.54, 1.807) is 18.2 Å². The molecule has 0 saturated heterocycles. The molecule has 2 aromatic heterocycles. The van der Waals surface area contributed by atoms with E-state index in [2.05, 4.69) is 5.32 Å². The molecule has 0 aliphatic rings. The summed E-state index contributed by atoms with van der Waals surface area (Å²) in [4.78, 5) is 23.8. The molecule has 2 heterocycles. The average molecular weight is 455 g/mol. The molecule has 0 spiro atoms. The van der Waals surface area contributed by atoms with E-state index in [0.29, 0.717) is 23.6 Å². The monoisotopic (exact) mass is 455 g/mol. The Morgan fingerprint density at radius 3 is 2.53 bits per heavy atom. The Hall–Kier alpha value is -4.52. The van der Waals surface area contributed by atoms with Gasteiger partial charge in [-0.3, -0.25) is 5.32 Å². The van der Waals surface area contributed by atoms with Gasteiger partial charge in [0.15, 0.2) is 0 Å². The van der Waals surface area contributed by atoms with Gasteiger partial charge in [-0.25, -0.2) is 9.59 Å². The molecule has 34 heavy (non-hydrogen) atoms. The first-order chi connectivity index (χ1) is 16.5. The fourth-order valence-electron chi connectivity index (χ4n) is 3.65. The molecular formula is C27H21NO6. The number of aryl methyl sites for hydroxylation is 1. The van der Waals surface area contributed by atoms with Crippen LogP contribution in [-0.2, 0) is 18.0 Å². The zero-order valence-electron chi connectivity index (χ0n) is 18.4. The molecule has 0 aliphatic carbocycles. The summed E-state index contributed by atoms with van der Waals surface area (Å²) in [6, 6.07) is 23.6. The molecule has 0 aliphatic heterocycles. The minimum Gasteiger partial charge on any atom is -0.486 e. The van der Waals surface area contributed by atoms with Gasteiger partial charge in [0.2, 0.25) is 0 Å². The van der Waals surface area contributed by atoms with Crippen LogP contribution in [0.3, 0.4) is 0 Å². The van der Waals surface area contributed by atoms with Gasteiger partial charge in [-0.1, -0.05) is 30.3 Å². The lowest BCUT2D eigenvalue weighted by Crippen LogP contribution is -2.13. The summed E-state index contributed by atoms with van der Waals surface area (Å²) in [7, 11) is 0. The molecule has 5 aromatic rings. The number of anilines is 1. The summed E-state index contributed by atoms with van der Waals surface area (Å²) in [5.74, 6) is 1.43. The lowest BCUT2D eigenvalue weighted by atomic mass is 10.1. The fourth-order valence-corrected chi connectivity index (χ4v) is 3.65. The highest BCUT2D eigenvalue weighted by Crippen LogP contribution is 2.22. The number of hydrogen-bond acceptors (Lipinski definition) is 6. The van der Waals surface area contributed by atoms with Crippen molar-refractivity contribution in [3.05, 3.63) is 106 Å². The number of para-hydroxylation sites is 1. The number of ether oxygens (including phenoxy) is 2. The molecule has 3 aromatic carbocycles. The summed E-state index contributed by atoms with van der Waals surface area (Å²) in [5, 5.41) is 4.49. The van der Waals surface area contributed by atoms with E-state index < -0.39 is 11.7 Å². The Balaban J connectivity index is 1.14. The number of hydrogen-bond donors (Lipinski definition) is 1. The maximum atomic E-state index is 12.2. The van der Waals surface area contributed by atoms with Crippen LogP contribution in [0.2, 0.25) is 0 Å². The van der Waals surface area contributed by atoms with Crippen LogP contribution in [-0.4, -0.2) is 6.09 Å². The van der Waals surface area contributed by atoms with Gasteiger partial charge < -0.3 is 18.3 Å². The minimum absolute atomic E-state index is 0.0947. The van der Waals surface area contributed by atoms with Gasteiger partial charge >= 0.3 is 11.7 Å². The number of carbonyl (C=O) groups excluding carboxylic acids is 1. The molecule has 0 radical (unpaired) electrons. The van der Waals surface area contributed by atoms with Gasteiger partial charge in [-0.15, -0.1) is 0 Å². The van der Waals surface area contributed by atoms with Crippen molar-refractivity contribution in [3.8, 4) is 5.75 Å². The quantitative estimate of drug-likeness (QED) is 0.308. The third-order valence-electron chi connectivity index (χ3n) is 5.35. The van der Waals surface area contributed by atoms with Gasteiger partial charge in [0, 0.05) is 28.6 Å². The molecule has 0 atom stereocenters. The summed E-state index contributed by atoms with van der Waals surface area (Å²) < 4.78 is 22.0. The van der Waals surface area contributed by atoms with E-state index in [4.69, 9.17) is 18.3 Å². The van der Waals surface area contributed by atoms with Crippen LogP contribution >= 0.6 is 0 Å². The predicted molar refractivity (Wildman–Crippen MR) is 128 cm³/mol. The number of benzene rings is 3. The second-order valence-corrected chi connectivity index (χ2v) is 7.84. The second-order valence-electron chi connectivity index (χ2n) is 7.84. The first kappa shape index (κ1) is 21.3. The summed E-state index contributed by atoms with van der Waals surface area (Å²) >= 11 is 0. The van der Waals surface area contributed by atoms with Gasteiger partial charge in [0.1, 0.15) is 35.9 Å². The lowest BCUT2D eigenvalue weighted by molar-refractivity contribution is 0.155. The van der Waals surface area contributed by atoms with Gasteiger partial charge in [0.05, 0.1) is 0 Å². The molecule has 0 saturated carbocycles. The molecule has 170 valence electrons. The maximum Gasteiger partial charge on any atom is 0.411 e. The number of rotatable bonds is 6. The van der Waals surface area contributed by atoms with Crippen LogP contribution in [0.4, 0.5) is 10.5 Å². The number of furan rings is 1. The third-order valence-corrected chi connectivity index (χ3v) is 5.35. The number of carbonyl (C=O) groups is 1. The summed E-state index contributed by atoms with van der Waals surface area (Å²) in [6.07, 6.45) is -0.612. The standard InChI is InChI=1S/C27H21NO6/c1-17-12-26(29)34-25-14-20(8-11-23(17)25)28-27(30)32-15-18-6-9-21(10-7-18)31-16-22-13-19-4-2-3-5-24(19)33-22/h2-14H,15-16H2,1H3,(H,28,30). The van der Waals surface area contributed by atoms with Gasteiger partial charge in [-0.05, 0) is 54.4 Å². The van der Waals surface area contributed by atoms with E-state index >= 15 is 0 Å². The molecule has 1 amide bonds. The maximum absolute atomic E-state index is 12.2. The van der Waals surface area contributed by atoms with Crippen LogP contribution in [0.15, 0.2) is 92.5 Å². The molecule has 0 unspecified atom stereocenters. The Labute approximate surface area is 194 Å². The van der Waals surface area contributed by atoms with Crippen molar-refractivity contribution < 1.29 is 23.1 Å². The second kappa shape index (κ2) is 9.15. The van der Waals surface area contributed by atoms with Crippen LogP contribution in [0.1, 0.15) is 16.9 Å². The van der Waals surface area contributed by atoms with E-state index in [9.17, 15) is 9.59 Å². The first-order valence-electron chi connectivity index (χ1n) is 10.7. The molecule has 7 heteroatoms. The molecule has 7 nitrogen and oxygen atoms in total. The van der Waals surface area contributed by atoms with Crippen molar-refractivity contribution in [3.63, 3.8) is 0 Å². The zero-order valence-corrected chi connectivity index (χ0v) is 18.4. The SMILES string of the molecule is Cc1cc(=O)oc2cc(NC(=O)OCc3ccc(OCc4cc5ccccc5o4)cc3)ccc12. The molecule has 5 rings (SSSR count). The Kier molecular flexibility index (Phi) is 5.74. The predicted octanol–water partition coefficient (Wildman–Crippen LogP) is 6.18. The van der Waals surface area contributed by atoms with Crippen molar-refractivity contribution in [1.29, 1.82) is 0 Å². The van der Waals surface area contributed by atoms with Crippen molar-refractivity contribution in [2.45, 2.75) is 20.1 Å². The Bertz CT molecular complexity index is 1500. The third kappa shape index (κ3) is 4.78. The number of fused-ring (bicyclic) bond motifs is 2. The highest BCUT2D eigenvalue weighted by molar-refractivity contribution is 5.89. The van der Waals surface area contributed by atoms with Gasteiger partial charge in [-0.2, -0.15) is 0 Å². The van der Waals surface area contributed by atoms with Crippen LogP contribution in [0.25, 0.3) is 21.9 Å². The number of nitrogens with one attached hydrogen (secondary N) is 1. The smallest absolute Gasteiger partial charge is 0.411 e. The Morgan fingerprint density at radius 2 is 1.71 bits per heavy atom. The average Bonchev–Trinajstić information content (AvgIpc) is 3.25. The molecule has 0 fully saturated rings. The summed E-state index contributed by atoms with van der Waals surface area (Å²) in [6.45, 7) is 2.24. The minimum atomic E-state index is -0.612. The van der Waals surface area contributed by atoms with Crippen LogP contribution < -0.4 is 15.7 Å². The van der Waals surface area contributed by atoms with Crippen LogP contribution in [0.5, 0.6) is 5.75 Å². The van der Waals surface area contributed by atoms with Crippen molar-refractivity contribution >= 4 is 33.7 Å². The number of amides is 1. The van der Waals surface area contributed by atoms with Crippen molar-refractivity contribution in [1.82, 2.24) is 0 Å². The highest BCUT2D eigenvalue weighted by Gasteiger charge is 2.08. The lowest BCUT2D eigenvalue weighted by Gasteiger charge is -2.09. The molecule has 1 N–H and O–H groups in total. The van der Waals surface area contributed by atoms with E-state index in [0.717, 1.165) is 33.2 Å². The molecular weight excluding hydrogens is 434 g/mol.